The lowest BCUT2D eigenvalue weighted by Gasteiger charge is -2.31. The van der Waals surface area contributed by atoms with Gasteiger partial charge in [0.05, 0.1) is 11.9 Å². The fourth-order valence-corrected chi connectivity index (χ4v) is 4.82. The number of nitrogens with one attached hydrogen (secondary N) is 1. The number of piperidine rings is 1. The van der Waals surface area contributed by atoms with Crippen molar-refractivity contribution in [2.45, 2.75) is 19.8 Å². The van der Waals surface area contributed by atoms with Gasteiger partial charge in [-0.05, 0) is 68.1 Å². The molecular weight excluding hydrogens is 504 g/mol. The SMILES string of the molecule is Cc1cc(Nc2nccn3c(-c4ccc(OCC#N)c(F)c4F)cnc23)ccc1C(=O)N1CCC(CN)CC1. The summed E-state index contributed by atoms with van der Waals surface area (Å²) in [5, 5.41) is 11.8. The summed E-state index contributed by atoms with van der Waals surface area (Å²) >= 11 is 0. The highest BCUT2D eigenvalue weighted by Gasteiger charge is 2.24. The van der Waals surface area contributed by atoms with E-state index in [0.717, 1.165) is 18.4 Å². The van der Waals surface area contributed by atoms with Gasteiger partial charge in [0, 0.05) is 42.3 Å². The van der Waals surface area contributed by atoms with E-state index < -0.39 is 18.2 Å². The lowest BCUT2D eigenvalue weighted by molar-refractivity contribution is 0.0692. The van der Waals surface area contributed by atoms with Crippen LogP contribution in [0.4, 0.5) is 20.3 Å². The van der Waals surface area contributed by atoms with Gasteiger partial charge in [0.15, 0.2) is 29.6 Å². The van der Waals surface area contributed by atoms with Gasteiger partial charge >= 0.3 is 0 Å². The van der Waals surface area contributed by atoms with E-state index >= 15 is 0 Å². The lowest BCUT2D eigenvalue weighted by atomic mass is 9.96. The van der Waals surface area contributed by atoms with Crippen molar-refractivity contribution < 1.29 is 18.3 Å². The lowest BCUT2D eigenvalue weighted by Crippen LogP contribution is -2.40. The molecule has 2 aromatic carbocycles. The van der Waals surface area contributed by atoms with E-state index in [2.05, 4.69) is 15.3 Å². The molecule has 0 bridgehead atoms. The number of nitrogens with zero attached hydrogens (tertiary/aromatic N) is 5. The van der Waals surface area contributed by atoms with Crippen molar-refractivity contribution >= 4 is 23.1 Å². The molecule has 0 radical (unpaired) electrons. The van der Waals surface area contributed by atoms with Crippen LogP contribution >= 0.6 is 0 Å². The number of fused-ring (bicyclic) bond motifs is 1. The molecule has 200 valence electrons. The van der Waals surface area contributed by atoms with Crippen molar-refractivity contribution in [3.05, 3.63) is 71.7 Å². The zero-order valence-electron chi connectivity index (χ0n) is 21.3. The number of imidazole rings is 1. The number of halogens is 2. The summed E-state index contributed by atoms with van der Waals surface area (Å²) in [6.07, 6.45) is 6.38. The average Bonchev–Trinajstić information content (AvgIpc) is 3.38. The number of amides is 1. The third kappa shape index (κ3) is 5.11. The number of aryl methyl sites for hydroxylation is 1. The monoisotopic (exact) mass is 531 g/mol. The molecule has 0 spiro atoms. The summed E-state index contributed by atoms with van der Waals surface area (Å²) in [4.78, 5) is 23.7. The second-order valence-electron chi connectivity index (χ2n) is 9.42. The molecule has 0 saturated carbocycles. The molecule has 4 aromatic rings. The standard InChI is InChI=1S/C28H27F2N7O2/c1-17-14-19(2-3-20(17)28(38)36-10-6-18(15-32)7-11-36)35-26-27-34-16-22(37(27)12-9-33-26)21-4-5-23(39-13-8-31)25(30)24(21)29/h2-5,9,12,14,16,18H,6-7,10-11,13,15,32H2,1H3,(H,33,35). The van der Waals surface area contributed by atoms with Crippen LogP contribution in [0.3, 0.4) is 0 Å². The van der Waals surface area contributed by atoms with E-state index in [1.807, 2.05) is 17.9 Å². The van der Waals surface area contributed by atoms with E-state index in [4.69, 9.17) is 15.7 Å². The second-order valence-corrected chi connectivity index (χ2v) is 9.42. The smallest absolute Gasteiger partial charge is 0.254 e. The Balaban J connectivity index is 1.38. The molecule has 1 aliphatic rings. The highest BCUT2D eigenvalue weighted by molar-refractivity contribution is 5.96. The first-order valence-electron chi connectivity index (χ1n) is 12.6. The summed E-state index contributed by atoms with van der Waals surface area (Å²) in [7, 11) is 0. The molecule has 39 heavy (non-hydrogen) atoms. The molecule has 3 heterocycles. The fraction of sp³-hybridized carbons (Fsp3) is 0.286. The molecule has 0 atom stereocenters. The Bertz CT molecular complexity index is 1570. The van der Waals surface area contributed by atoms with Crippen molar-refractivity contribution in [1.82, 2.24) is 19.3 Å². The number of hydrogen-bond donors (Lipinski definition) is 2. The van der Waals surface area contributed by atoms with Gasteiger partial charge in [-0.15, -0.1) is 0 Å². The molecule has 9 nitrogen and oxygen atoms in total. The largest absolute Gasteiger partial charge is 0.476 e. The molecule has 5 rings (SSSR count). The van der Waals surface area contributed by atoms with Crippen molar-refractivity contribution in [3.63, 3.8) is 0 Å². The summed E-state index contributed by atoms with van der Waals surface area (Å²) < 4.78 is 36.0. The average molecular weight is 532 g/mol. The number of hydrogen-bond acceptors (Lipinski definition) is 7. The first kappa shape index (κ1) is 26.1. The molecule has 1 amide bonds. The summed E-state index contributed by atoms with van der Waals surface area (Å²) in [6.45, 7) is 3.54. The van der Waals surface area contributed by atoms with E-state index in [-0.39, 0.29) is 17.2 Å². The van der Waals surface area contributed by atoms with E-state index in [9.17, 15) is 13.6 Å². The van der Waals surface area contributed by atoms with Crippen molar-refractivity contribution in [2.24, 2.45) is 11.7 Å². The van der Waals surface area contributed by atoms with Crippen LogP contribution in [0.1, 0.15) is 28.8 Å². The van der Waals surface area contributed by atoms with Crippen LogP contribution in [0.15, 0.2) is 48.9 Å². The van der Waals surface area contributed by atoms with E-state index in [1.54, 1.807) is 28.8 Å². The first-order chi connectivity index (χ1) is 18.9. The molecule has 11 heteroatoms. The number of likely N-dealkylation sites (tertiary alicyclic amines) is 1. The Kier molecular flexibility index (Phi) is 7.38. The zero-order valence-corrected chi connectivity index (χ0v) is 21.3. The Hall–Kier alpha value is -4.56. The number of aromatic nitrogens is 3. The quantitative estimate of drug-likeness (QED) is 0.362. The molecule has 1 fully saturated rings. The van der Waals surface area contributed by atoms with Gasteiger partial charge in [-0.1, -0.05) is 0 Å². The van der Waals surface area contributed by atoms with E-state index in [1.165, 1.54) is 24.5 Å². The fourth-order valence-electron chi connectivity index (χ4n) is 4.82. The highest BCUT2D eigenvalue weighted by atomic mass is 19.2. The minimum atomic E-state index is -1.18. The van der Waals surface area contributed by atoms with Gasteiger partial charge in [-0.25, -0.2) is 14.4 Å². The number of ether oxygens (including phenoxy) is 1. The van der Waals surface area contributed by atoms with Gasteiger partial charge < -0.3 is 20.7 Å². The Morgan fingerprint density at radius 2 is 2.00 bits per heavy atom. The van der Waals surface area contributed by atoms with Gasteiger partial charge in [0.2, 0.25) is 5.82 Å². The van der Waals surface area contributed by atoms with Crippen LogP contribution < -0.4 is 15.8 Å². The Morgan fingerprint density at radius 1 is 1.21 bits per heavy atom. The van der Waals surface area contributed by atoms with Gasteiger partial charge in [-0.3, -0.25) is 9.20 Å². The van der Waals surface area contributed by atoms with Crippen LogP contribution in [-0.4, -0.2) is 51.4 Å². The predicted octanol–water partition coefficient (Wildman–Crippen LogP) is 4.44. The minimum Gasteiger partial charge on any atom is -0.476 e. The maximum absolute atomic E-state index is 14.9. The van der Waals surface area contributed by atoms with Crippen LogP contribution in [0, 0.1) is 35.8 Å². The highest BCUT2D eigenvalue weighted by Crippen LogP contribution is 2.32. The molecule has 0 unspecified atom stereocenters. The molecular formula is C28H27F2N7O2. The number of carbonyl (C=O) groups excluding carboxylic acids is 1. The number of nitriles is 1. The van der Waals surface area contributed by atoms with Crippen molar-refractivity contribution in [1.29, 1.82) is 5.26 Å². The number of rotatable bonds is 7. The number of carbonyl (C=O) groups is 1. The predicted molar refractivity (Wildman–Crippen MR) is 142 cm³/mol. The molecule has 1 aliphatic heterocycles. The summed E-state index contributed by atoms with van der Waals surface area (Å²) in [5.41, 5.74) is 8.63. The molecule has 1 saturated heterocycles. The summed E-state index contributed by atoms with van der Waals surface area (Å²) in [6, 6.07) is 9.83. The number of anilines is 2. The number of nitrogens with two attached hydrogens (primary N) is 1. The van der Waals surface area contributed by atoms with Crippen LogP contribution in [-0.2, 0) is 0 Å². The maximum Gasteiger partial charge on any atom is 0.254 e. The third-order valence-electron chi connectivity index (χ3n) is 7.00. The first-order valence-corrected chi connectivity index (χ1v) is 12.6. The molecule has 3 N–H and O–H groups in total. The van der Waals surface area contributed by atoms with Crippen LogP contribution in [0.2, 0.25) is 0 Å². The normalized spacial score (nSPS) is 13.9. The topological polar surface area (TPSA) is 122 Å². The molecule has 2 aromatic heterocycles. The van der Waals surface area contributed by atoms with Gasteiger partial charge in [-0.2, -0.15) is 9.65 Å². The van der Waals surface area contributed by atoms with Crippen molar-refractivity contribution in [2.75, 3.05) is 31.6 Å². The molecule has 0 aliphatic carbocycles. The summed E-state index contributed by atoms with van der Waals surface area (Å²) in [5.74, 6) is -1.75. The van der Waals surface area contributed by atoms with E-state index in [0.29, 0.717) is 54.0 Å². The second kappa shape index (κ2) is 11.0. The van der Waals surface area contributed by atoms with Crippen molar-refractivity contribution in [3.8, 4) is 23.1 Å². The Labute approximate surface area is 223 Å². The van der Waals surface area contributed by atoms with Crippen LogP contribution in [0.5, 0.6) is 5.75 Å². The van der Waals surface area contributed by atoms with Gasteiger partial charge in [0.1, 0.15) is 6.07 Å². The Morgan fingerprint density at radius 3 is 2.72 bits per heavy atom. The van der Waals surface area contributed by atoms with Gasteiger partial charge in [0.25, 0.3) is 5.91 Å². The van der Waals surface area contributed by atoms with Crippen LogP contribution in [0.25, 0.3) is 16.9 Å². The maximum atomic E-state index is 14.9. The number of benzene rings is 2. The minimum absolute atomic E-state index is 0.00551. The zero-order chi connectivity index (χ0) is 27.5. The third-order valence-corrected chi connectivity index (χ3v) is 7.00.